The molecule has 0 amide bonds. The van der Waals surface area contributed by atoms with Gasteiger partial charge in [0, 0.05) is 13.0 Å². The molecule has 1 N–H and O–H groups in total. The molecule has 1 aliphatic heterocycles. The van der Waals surface area contributed by atoms with E-state index in [-0.39, 0.29) is 35.9 Å². The zero-order valence-electron chi connectivity index (χ0n) is 12.5. The second kappa shape index (κ2) is 6.08. The minimum Gasteiger partial charge on any atom is -0.501 e. The summed E-state index contributed by atoms with van der Waals surface area (Å²) in [5, 5.41) is 19.0. The number of Topliss-reactive ketones (excluding diaryl/α,β-unsaturated/α-hetero) is 1. The number of hydrogen-bond acceptors (Lipinski definition) is 5. The Bertz CT molecular complexity index is 953. The van der Waals surface area contributed by atoms with E-state index >= 15 is 0 Å². The predicted octanol–water partition coefficient (Wildman–Crippen LogP) is 1.82. The molecule has 0 bridgehead atoms. The molecule has 0 radical (unpaired) electrons. The SMILES string of the molecule is N#CC1=CCn2c1nc(C(=O)CCc1ccc(F)cc1)c(O)c2=O. The highest BCUT2D eigenvalue weighted by Crippen LogP contribution is 2.21. The Labute approximate surface area is 136 Å². The number of carbonyl (C=O) groups is 1. The van der Waals surface area contributed by atoms with Crippen molar-refractivity contribution in [2.24, 2.45) is 0 Å². The summed E-state index contributed by atoms with van der Waals surface area (Å²) < 4.78 is 14.0. The van der Waals surface area contributed by atoms with Gasteiger partial charge in [0.1, 0.15) is 11.9 Å². The molecule has 0 atom stereocenters. The lowest BCUT2D eigenvalue weighted by atomic mass is 10.1. The maximum atomic E-state index is 12.9. The summed E-state index contributed by atoms with van der Waals surface area (Å²) in [5.74, 6) is -1.51. The predicted molar refractivity (Wildman–Crippen MR) is 82.8 cm³/mol. The van der Waals surface area contributed by atoms with Gasteiger partial charge in [-0.15, -0.1) is 0 Å². The number of nitriles is 1. The van der Waals surface area contributed by atoms with Crippen LogP contribution in [0.25, 0.3) is 5.57 Å². The Morgan fingerprint density at radius 3 is 2.75 bits per heavy atom. The van der Waals surface area contributed by atoms with Crippen LogP contribution in [0, 0.1) is 17.1 Å². The second-order valence-corrected chi connectivity index (χ2v) is 5.33. The van der Waals surface area contributed by atoms with Crippen molar-refractivity contribution in [1.29, 1.82) is 5.26 Å². The molecule has 0 saturated heterocycles. The Kier molecular flexibility index (Phi) is 3.96. The van der Waals surface area contributed by atoms with Gasteiger partial charge in [0.05, 0.1) is 5.57 Å². The number of carbonyl (C=O) groups excluding carboxylic acids is 1. The molecule has 0 aliphatic carbocycles. The largest absolute Gasteiger partial charge is 0.501 e. The molecule has 0 spiro atoms. The normalized spacial score (nSPS) is 12.4. The van der Waals surface area contributed by atoms with E-state index in [2.05, 4.69) is 4.98 Å². The van der Waals surface area contributed by atoms with Gasteiger partial charge in [0.2, 0.25) is 5.75 Å². The number of rotatable bonds is 4. The van der Waals surface area contributed by atoms with Gasteiger partial charge in [-0.1, -0.05) is 12.1 Å². The van der Waals surface area contributed by atoms with Crippen molar-refractivity contribution < 1.29 is 14.3 Å². The lowest BCUT2D eigenvalue weighted by Crippen LogP contribution is -2.24. The van der Waals surface area contributed by atoms with Crippen LogP contribution in [-0.4, -0.2) is 20.4 Å². The van der Waals surface area contributed by atoms with Gasteiger partial charge in [0.25, 0.3) is 5.56 Å². The maximum Gasteiger partial charge on any atom is 0.297 e. The Hall–Kier alpha value is -3.27. The van der Waals surface area contributed by atoms with Crippen LogP contribution in [0.3, 0.4) is 0 Å². The molecule has 1 aliphatic rings. The lowest BCUT2D eigenvalue weighted by molar-refractivity contribution is 0.0974. The first-order chi connectivity index (χ1) is 11.5. The van der Waals surface area contributed by atoms with Gasteiger partial charge < -0.3 is 5.11 Å². The summed E-state index contributed by atoms with van der Waals surface area (Å²) in [7, 11) is 0. The number of aromatic nitrogens is 2. The fourth-order valence-corrected chi connectivity index (χ4v) is 2.51. The van der Waals surface area contributed by atoms with Gasteiger partial charge in [-0.05, 0) is 30.2 Å². The third-order valence-electron chi connectivity index (χ3n) is 3.80. The molecule has 6 nitrogen and oxygen atoms in total. The molecular weight excluding hydrogens is 313 g/mol. The first-order valence-corrected chi connectivity index (χ1v) is 7.23. The zero-order chi connectivity index (χ0) is 17.3. The number of aryl methyl sites for hydroxylation is 1. The summed E-state index contributed by atoms with van der Waals surface area (Å²) in [6.45, 7) is 0.141. The van der Waals surface area contributed by atoms with Crippen molar-refractivity contribution in [2.75, 3.05) is 0 Å². The third-order valence-corrected chi connectivity index (χ3v) is 3.80. The second-order valence-electron chi connectivity index (χ2n) is 5.33. The fraction of sp³-hybridized carbons (Fsp3) is 0.176. The van der Waals surface area contributed by atoms with Gasteiger partial charge in [0.15, 0.2) is 17.3 Å². The van der Waals surface area contributed by atoms with Crippen LogP contribution < -0.4 is 5.56 Å². The summed E-state index contributed by atoms with van der Waals surface area (Å²) in [4.78, 5) is 28.4. The first kappa shape index (κ1) is 15.6. The number of ketones is 1. The molecule has 2 heterocycles. The number of halogens is 1. The Balaban J connectivity index is 1.87. The molecular formula is C17H12FN3O3. The van der Waals surface area contributed by atoms with E-state index in [0.717, 1.165) is 10.1 Å². The minimum atomic E-state index is -0.744. The molecule has 0 fully saturated rings. The molecule has 24 heavy (non-hydrogen) atoms. The molecule has 7 heteroatoms. The van der Waals surface area contributed by atoms with Crippen LogP contribution in [0.4, 0.5) is 4.39 Å². The molecule has 1 aromatic heterocycles. The summed E-state index contributed by atoms with van der Waals surface area (Å²) in [5.41, 5.74) is -0.137. The number of allylic oxidation sites excluding steroid dienone is 2. The van der Waals surface area contributed by atoms with E-state index < -0.39 is 17.1 Å². The highest BCUT2D eigenvalue weighted by Gasteiger charge is 2.25. The molecule has 2 aromatic rings. The molecule has 3 rings (SSSR count). The van der Waals surface area contributed by atoms with Crippen molar-refractivity contribution in [2.45, 2.75) is 19.4 Å². The van der Waals surface area contributed by atoms with Crippen molar-refractivity contribution >= 4 is 11.4 Å². The van der Waals surface area contributed by atoms with Gasteiger partial charge in [-0.25, -0.2) is 9.37 Å². The number of aromatic hydroxyl groups is 1. The van der Waals surface area contributed by atoms with Gasteiger partial charge >= 0.3 is 0 Å². The van der Waals surface area contributed by atoms with Crippen LogP contribution in [-0.2, 0) is 13.0 Å². The lowest BCUT2D eigenvalue weighted by Gasteiger charge is -2.08. The summed E-state index contributed by atoms with van der Waals surface area (Å²) in [6.07, 6.45) is 1.83. The molecule has 120 valence electrons. The van der Waals surface area contributed by atoms with E-state index in [1.165, 1.54) is 18.2 Å². The van der Waals surface area contributed by atoms with Crippen LogP contribution in [0.2, 0.25) is 0 Å². The minimum absolute atomic E-state index is 0.000681. The molecule has 0 unspecified atom stereocenters. The average Bonchev–Trinajstić information content (AvgIpc) is 3.00. The van der Waals surface area contributed by atoms with E-state index in [9.17, 15) is 19.1 Å². The summed E-state index contributed by atoms with van der Waals surface area (Å²) >= 11 is 0. The van der Waals surface area contributed by atoms with Crippen molar-refractivity contribution in [3.05, 3.63) is 63.6 Å². The third kappa shape index (κ3) is 2.70. The standard InChI is InChI=1S/C17H12FN3O3/c18-12-4-1-10(2-5-12)3-6-13(22)14-15(23)17(24)21-8-7-11(9-19)16(21)20-14/h1-2,4-5,7,23H,3,6,8H2. The average molecular weight is 325 g/mol. The quantitative estimate of drug-likeness (QED) is 0.865. The Morgan fingerprint density at radius 2 is 2.08 bits per heavy atom. The van der Waals surface area contributed by atoms with E-state index in [1.807, 2.05) is 6.07 Å². The van der Waals surface area contributed by atoms with Crippen LogP contribution in [0.1, 0.15) is 28.3 Å². The highest BCUT2D eigenvalue weighted by atomic mass is 19.1. The van der Waals surface area contributed by atoms with E-state index in [1.54, 1.807) is 12.1 Å². The number of fused-ring (bicyclic) bond motifs is 1. The van der Waals surface area contributed by atoms with Crippen molar-refractivity contribution in [1.82, 2.24) is 9.55 Å². The maximum absolute atomic E-state index is 12.9. The highest BCUT2D eigenvalue weighted by molar-refractivity contribution is 5.97. The topological polar surface area (TPSA) is 96.0 Å². The van der Waals surface area contributed by atoms with Crippen molar-refractivity contribution in [3.63, 3.8) is 0 Å². The van der Waals surface area contributed by atoms with Crippen LogP contribution in [0.15, 0.2) is 35.1 Å². The molecule has 0 saturated carbocycles. The van der Waals surface area contributed by atoms with Crippen LogP contribution >= 0.6 is 0 Å². The first-order valence-electron chi connectivity index (χ1n) is 7.23. The van der Waals surface area contributed by atoms with Crippen molar-refractivity contribution in [3.8, 4) is 11.8 Å². The summed E-state index contributed by atoms with van der Waals surface area (Å²) in [6, 6.07) is 7.61. The Morgan fingerprint density at radius 1 is 1.38 bits per heavy atom. The number of hydrogen-bond donors (Lipinski definition) is 1. The smallest absolute Gasteiger partial charge is 0.297 e. The number of nitrogens with zero attached hydrogens (tertiary/aromatic N) is 3. The van der Waals surface area contributed by atoms with Gasteiger partial charge in [-0.2, -0.15) is 5.26 Å². The zero-order valence-corrected chi connectivity index (χ0v) is 12.5. The van der Waals surface area contributed by atoms with Gasteiger partial charge in [-0.3, -0.25) is 14.2 Å². The molecule has 1 aromatic carbocycles. The monoisotopic (exact) mass is 325 g/mol. The van der Waals surface area contributed by atoms with E-state index in [4.69, 9.17) is 5.26 Å². The van der Waals surface area contributed by atoms with E-state index in [0.29, 0.717) is 6.42 Å². The van der Waals surface area contributed by atoms with Crippen LogP contribution in [0.5, 0.6) is 5.75 Å². The number of benzene rings is 1. The fourth-order valence-electron chi connectivity index (χ4n) is 2.51.